The quantitative estimate of drug-likeness (QED) is 0.881. The highest BCUT2D eigenvalue weighted by molar-refractivity contribution is 7.90. The predicted octanol–water partition coefficient (Wildman–Crippen LogP) is 3.03. The van der Waals surface area contributed by atoms with Gasteiger partial charge in [0.2, 0.25) is 0 Å². The van der Waals surface area contributed by atoms with Crippen molar-refractivity contribution in [3.8, 4) is 0 Å². The summed E-state index contributed by atoms with van der Waals surface area (Å²) < 4.78 is 24.5. The zero-order valence-corrected chi connectivity index (χ0v) is 15.2. The SMILES string of the molecule is Cc1cccc(N[C@@H](C)c2c(C)nn(CCS(C)(=O)=O)c2C)c1. The van der Waals surface area contributed by atoms with E-state index in [1.807, 2.05) is 26.0 Å². The van der Waals surface area contributed by atoms with E-state index in [9.17, 15) is 8.42 Å². The van der Waals surface area contributed by atoms with E-state index in [-0.39, 0.29) is 11.8 Å². The molecule has 6 heteroatoms. The second kappa shape index (κ2) is 6.74. The molecule has 1 heterocycles. The molecule has 0 spiro atoms. The van der Waals surface area contributed by atoms with E-state index < -0.39 is 9.84 Å². The van der Waals surface area contributed by atoms with Crippen LogP contribution in [-0.2, 0) is 16.4 Å². The van der Waals surface area contributed by atoms with E-state index in [1.54, 1.807) is 4.68 Å². The van der Waals surface area contributed by atoms with E-state index in [0.717, 1.165) is 22.6 Å². The number of hydrogen-bond donors (Lipinski definition) is 1. The largest absolute Gasteiger partial charge is 0.378 e. The van der Waals surface area contributed by atoms with Gasteiger partial charge in [-0.2, -0.15) is 5.10 Å². The first-order valence-electron chi connectivity index (χ1n) is 7.72. The normalized spacial score (nSPS) is 13.1. The first kappa shape index (κ1) is 17.5. The first-order valence-corrected chi connectivity index (χ1v) is 9.78. The van der Waals surface area contributed by atoms with Crippen LogP contribution in [0.4, 0.5) is 5.69 Å². The predicted molar refractivity (Wildman–Crippen MR) is 94.6 cm³/mol. The molecule has 0 aliphatic rings. The van der Waals surface area contributed by atoms with Crippen LogP contribution in [0, 0.1) is 20.8 Å². The minimum absolute atomic E-state index is 0.101. The van der Waals surface area contributed by atoms with Gasteiger partial charge in [0.25, 0.3) is 0 Å². The minimum atomic E-state index is -2.99. The van der Waals surface area contributed by atoms with Crippen LogP contribution in [-0.4, -0.2) is 30.2 Å². The minimum Gasteiger partial charge on any atom is -0.378 e. The maximum Gasteiger partial charge on any atom is 0.149 e. The van der Waals surface area contributed by atoms with Gasteiger partial charge in [-0.3, -0.25) is 4.68 Å². The molecule has 2 rings (SSSR count). The molecule has 0 aliphatic carbocycles. The second-order valence-corrected chi connectivity index (χ2v) is 8.43. The Kier molecular flexibility index (Phi) is 5.14. The summed E-state index contributed by atoms with van der Waals surface area (Å²) in [6.45, 7) is 8.51. The van der Waals surface area contributed by atoms with Gasteiger partial charge in [0.1, 0.15) is 9.84 Å². The number of aromatic nitrogens is 2. The summed E-state index contributed by atoms with van der Waals surface area (Å²) in [5.74, 6) is 0.105. The van der Waals surface area contributed by atoms with Crippen LogP contribution in [0.5, 0.6) is 0 Å². The average molecular weight is 335 g/mol. The highest BCUT2D eigenvalue weighted by atomic mass is 32.2. The fourth-order valence-corrected chi connectivity index (χ4v) is 3.37. The Bertz CT molecular complexity index is 794. The Morgan fingerprint density at radius 1 is 1.26 bits per heavy atom. The van der Waals surface area contributed by atoms with Crippen molar-refractivity contribution in [1.82, 2.24) is 9.78 Å². The second-order valence-electron chi connectivity index (χ2n) is 6.17. The van der Waals surface area contributed by atoms with E-state index in [0.29, 0.717) is 6.54 Å². The molecule has 126 valence electrons. The zero-order valence-electron chi connectivity index (χ0n) is 14.4. The molecule has 0 aliphatic heterocycles. The fraction of sp³-hybridized carbons (Fsp3) is 0.471. The van der Waals surface area contributed by atoms with Crippen molar-refractivity contribution >= 4 is 15.5 Å². The lowest BCUT2D eigenvalue weighted by Crippen LogP contribution is -2.14. The summed E-state index contributed by atoms with van der Waals surface area (Å²) >= 11 is 0. The summed E-state index contributed by atoms with van der Waals surface area (Å²) in [6, 6.07) is 8.34. The maximum absolute atomic E-state index is 11.4. The molecule has 1 aromatic carbocycles. The van der Waals surface area contributed by atoms with Crippen LogP contribution < -0.4 is 5.32 Å². The Balaban J connectivity index is 2.20. The van der Waals surface area contributed by atoms with Crippen LogP contribution in [0.25, 0.3) is 0 Å². The lowest BCUT2D eigenvalue weighted by molar-refractivity contribution is 0.581. The Hall–Kier alpha value is -1.82. The van der Waals surface area contributed by atoms with Gasteiger partial charge in [0.05, 0.1) is 24.0 Å². The molecule has 0 amide bonds. The lowest BCUT2D eigenvalue weighted by Gasteiger charge is -2.17. The number of rotatable bonds is 6. The molecule has 5 nitrogen and oxygen atoms in total. The van der Waals surface area contributed by atoms with Gasteiger partial charge >= 0.3 is 0 Å². The van der Waals surface area contributed by atoms with E-state index in [1.165, 1.54) is 11.8 Å². The van der Waals surface area contributed by atoms with Crippen molar-refractivity contribution in [1.29, 1.82) is 0 Å². The zero-order chi connectivity index (χ0) is 17.2. The molecule has 0 saturated heterocycles. The molecular weight excluding hydrogens is 310 g/mol. The number of aryl methyl sites for hydroxylation is 3. The molecule has 1 atom stereocenters. The van der Waals surface area contributed by atoms with Crippen LogP contribution in [0.3, 0.4) is 0 Å². The Labute approximate surface area is 138 Å². The molecule has 1 aromatic heterocycles. The summed E-state index contributed by atoms with van der Waals surface area (Å²) in [5, 5.41) is 8.00. The van der Waals surface area contributed by atoms with Gasteiger partial charge < -0.3 is 5.32 Å². The number of anilines is 1. The third-order valence-corrected chi connectivity index (χ3v) is 4.87. The molecule has 0 radical (unpaired) electrons. The van der Waals surface area contributed by atoms with E-state index >= 15 is 0 Å². The lowest BCUT2D eigenvalue weighted by atomic mass is 10.1. The summed E-state index contributed by atoms with van der Waals surface area (Å²) in [4.78, 5) is 0. The third-order valence-electron chi connectivity index (χ3n) is 3.95. The van der Waals surface area contributed by atoms with Crippen LogP contribution >= 0.6 is 0 Å². The Morgan fingerprint density at radius 3 is 2.57 bits per heavy atom. The number of nitrogens with one attached hydrogen (secondary N) is 1. The molecule has 0 saturated carbocycles. The maximum atomic E-state index is 11.4. The number of benzene rings is 1. The highest BCUT2D eigenvalue weighted by Crippen LogP contribution is 2.25. The average Bonchev–Trinajstić information content (AvgIpc) is 2.70. The summed E-state index contributed by atoms with van der Waals surface area (Å²) in [7, 11) is -2.99. The molecule has 0 fully saturated rings. The van der Waals surface area contributed by atoms with E-state index in [2.05, 4.69) is 36.4 Å². The Morgan fingerprint density at radius 2 is 1.96 bits per heavy atom. The van der Waals surface area contributed by atoms with Crippen molar-refractivity contribution < 1.29 is 8.42 Å². The monoisotopic (exact) mass is 335 g/mol. The van der Waals surface area contributed by atoms with Gasteiger partial charge in [-0.25, -0.2) is 8.42 Å². The van der Waals surface area contributed by atoms with Crippen molar-refractivity contribution in [2.45, 2.75) is 40.3 Å². The topological polar surface area (TPSA) is 64.0 Å². The van der Waals surface area contributed by atoms with E-state index in [4.69, 9.17) is 0 Å². The smallest absolute Gasteiger partial charge is 0.149 e. The molecule has 2 aromatic rings. The first-order chi connectivity index (χ1) is 10.7. The van der Waals surface area contributed by atoms with Crippen molar-refractivity contribution in [2.24, 2.45) is 0 Å². The van der Waals surface area contributed by atoms with Gasteiger partial charge in [-0.15, -0.1) is 0 Å². The van der Waals surface area contributed by atoms with Crippen LogP contribution in [0.1, 0.15) is 35.5 Å². The van der Waals surface area contributed by atoms with Gasteiger partial charge in [-0.05, 0) is 45.4 Å². The summed E-state index contributed by atoms with van der Waals surface area (Å²) in [5.41, 5.74) is 5.35. The molecule has 0 unspecified atom stereocenters. The third kappa shape index (κ3) is 4.58. The number of hydrogen-bond acceptors (Lipinski definition) is 4. The number of sulfone groups is 1. The van der Waals surface area contributed by atoms with Crippen molar-refractivity contribution in [3.05, 3.63) is 46.8 Å². The van der Waals surface area contributed by atoms with Gasteiger partial charge in [0.15, 0.2) is 0 Å². The fourth-order valence-electron chi connectivity index (χ4n) is 2.86. The standard InChI is InChI=1S/C17H25N3O2S/c1-12-7-6-8-16(11-12)18-13(2)17-14(3)19-20(15(17)4)9-10-23(5,21)22/h6-8,11,13,18H,9-10H2,1-5H3/t13-/m0/s1. The van der Waals surface area contributed by atoms with Crippen molar-refractivity contribution in [3.63, 3.8) is 0 Å². The number of nitrogens with zero attached hydrogens (tertiary/aromatic N) is 2. The van der Waals surface area contributed by atoms with Crippen molar-refractivity contribution in [2.75, 3.05) is 17.3 Å². The summed E-state index contributed by atoms with van der Waals surface area (Å²) in [6.07, 6.45) is 1.25. The van der Waals surface area contributed by atoms with Gasteiger partial charge in [-0.1, -0.05) is 12.1 Å². The van der Waals surface area contributed by atoms with Gasteiger partial charge in [0, 0.05) is 23.2 Å². The molecule has 1 N–H and O–H groups in total. The molecule has 23 heavy (non-hydrogen) atoms. The van der Waals surface area contributed by atoms with Crippen LogP contribution in [0.2, 0.25) is 0 Å². The highest BCUT2D eigenvalue weighted by Gasteiger charge is 2.18. The van der Waals surface area contributed by atoms with Crippen LogP contribution in [0.15, 0.2) is 24.3 Å². The molecule has 0 bridgehead atoms. The molecular formula is C17H25N3O2S.